The number of nitrogens with zero attached hydrogens (tertiary/aromatic N) is 5. The number of amides is 3. The zero-order valence-electron chi connectivity index (χ0n) is 16.1. The number of urea groups is 1. The van der Waals surface area contributed by atoms with Crippen molar-refractivity contribution in [2.45, 2.75) is 26.9 Å². The van der Waals surface area contributed by atoms with Gasteiger partial charge in [-0.2, -0.15) is 5.10 Å². The molecule has 1 aliphatic heterocycles. The van der Waals surface area contributed by atoms with Crippen molar-refractivity contribution in [3.05, 3.63) is 64.8 Å². The van der Waals surface area contributed by atoms with Gasteiger partial charge in [0, 0.05) is 23.9 Å². The molecule has 4 rings (SSSR count). The maximum atomic E-state index is 12.8. The van der Waals surface area contributed by atoms with Crippen LogP contribution in [0.3, 0.4) is 0 Å². The van der Waals surface area contributed by atoms with Crippen molar-refractivity contribution in [2.75, 3.05) is 11.4 Å². The van der Waals surface area contributed by atoms with Gasteiger partial charge in [0.2, 0.25) is 0 Å². The van der Waals surface area contributed by atoms with E-state index < -0.39 is 0 Å². The summed E-state index contributed by atoms with van der Waals surface area (Å²) in [6.45, 7) is 4.49. The summed E-state index contributed by atoms with van der Waals surface area (Å²) in [6, 6.07) is 6.98. The van der Waals surface area contributed by atoms with E-state index in [-0.39, 0.29) is 18.5 Å². The summed E-state index contributed by atoms with van der Waals surface area (Å²) in [6.07, 6.45) is 8.55. The molecule has 3 amide bonds. The fourth-order valence-electron chi connectivity index (χ4n) is 3.30. The fraction of sp³-hybridized carbons (Fsp3) is 0.238. The number of rotatable bonds is 5. The van der Waals surface area contributed by atoms with Crippen LogP contribution in [0.15, 0.2) is 41.2 Å². The third-order valence-corrected chi connectivity index (χ3v) is 4.91. The highest BCUT2D eigenvalue weighted by molar-refractivity contribution is 6.19. The summed E-state index contributed by atoms with van der Waals surface area (Å²) >= 11 is 0. The Labute approximate surface area is 167 Å². The highest BCUT2D eigenvalue weighted by Gasteiger charge is 2.37. The summed E-state index contributed by atoms with van der Waals surface area (Å²) in [5, 5.41) is 8.21. The largest absolute Gasteiger partial charge is 0.361 e. The Bertz CT molecular complexity index is 1100. The monoisotopic (exact) mass is 389 g/mol. The Morgan fingerprint density at radius 2 is 1.93 bits per heavy atom. The molecular weight excluding hydrogens is 370 g/mol. The lowest BCUT2D eigenvalue weighted by molar-refractivity contribution is -0.116. The lowest BCUT2D eigenvalue weighted by Crippen LogP contribution is -2.32. The van der Waals surface area contributed by atoms with Crippen LogP contribution in [-0.2, 0) is 17.9 Å². The van der Waals surface area contributed by atoms with Crippen LogP contribution in [0, 0.1) is 26.2 Å². The van der Waals surface area contributed by atoms with Crippen LogP contribution in [0.5, 0.6) is 0 Å². The number of carbonyl (C=O) groups excluding carboxylic acids is 2. The minimum Gasteiger partial charge on any atom is -0.361 e. The molecule has 0 radical (unpaired) electrons. The highest BCUT2D eigenvalue weighted by Crippen LogP contribution is 2.23. The number of benzene rings is 1. The number of hydrogen-bond acceptors (Lipinski definition) is 5. The maximum Gasteiger partial charge on any atom is 0.332 e. The van der Waals surface area contributed by atoms with Crippen LogP contribution in [0.1, 0.15) is 28.1 Å². The second-order valence-electron chi connectivity index (χ2n) is 6.91. The van der Waals surface area contributed by atoms with Gasteiger partial charge in [-0.15, -0.1) is 6.42 Å². The zero-order chi connectivity index (χ0) is 20.5. The van der Waals surface area contributed by atoms with E-state index in [9.17, 15) is 9.59 Å². The van der Waals surface area contributed by atoms with Crippen LogP contribution in [0.4, 0.5) is 10.5 Å². The molecule has 0 N–H and O–H groups in total. The number of carbonyl (C=O) groups is 2. The smallest absolute Gasteiger partial charge is 0.332 e. The van der Waals surface area contributed by atoms with Crippen molar-refractivity contribution < 1.29 is 14.1 Å². The van der Waals surface area contributed by atoms with Crippen LogP contribution in [0.25, 0.3) is 0 Å². The van der Waals surface area contributed by atoms with Crippen molar-refractivity contribution in [2.24, 2.45) is 0 Å². The average molecular weight is 389 g/mol. The Balaban J connectivity index is 1.49. The Morgan fingerprint density at radius 3 is 2.59 bits per heavy atom. The SMILES string of the molecule is C#Cc1ccc(CN2CC(=O)N(c3cnn(Cc4c(C)noc4C)c3)C2=O)cc1. The van der Waals surface area contributed by atoms with Crippen LogP contribution in [-0.4, -0.2) is 38.3 Å². The van der Waals surface area contributed by atoms with E-state index in [4.69, 9.17) is 10.9 Å². The first-order valence-corrected chi connectivity index (χ1v) is 9.08. The fourth-order valence-corrected chi connectivity index (χ4v) is 3.30. The van der Waals surface area contributed by atoms with Gasteiger partial charge >= 0.3 is 6.03 Å². The van der Waals surface area contributed by atoms with Crippen LogP contribution >= 0.6 is 0 Å². The molecule has 2 aromatic heterocycles. The van der Waals surface area contributed by atoms with E-state index in [0.29, 0.717) is 18.8 Å². The Hall–Kier alpha value is -3.86. The summed E-state index contributed by atoms with van der Waals surface area (Å²) in [5.41, 5.74) is 3.83. The molecule has 8 nitrogen and oxygen atoms in total. The van der Waals surface area contributed by atoms with Gasteiger partial charge in [0.25, 0.3) is 5.91 Å². The Morgan fingerprint density at radius 1 is 1.17 bits per heavy atom. The lowest BCUT2D eigenvalue weighted by atomic mass is 10.1. The van der Waals surface area contributed by atoms with Crippen molar-refractivity contribution in [3.8, 4) is 12.3 Å². The van der Waals surface area contributed by atoms with Gasteiger partial charge in [0.15, 0.2) is 0 Å². The number of hydrogen-bond donors (Lipinski definition) is 0. The van der Waals surface area contributed by atoms with Gasteiger partial charge in [-0.25, -0.2) is 9.69 Å². The molecule has 146 valence electrons. The van der Waals surface area contributed by atoms with E-state index in [0.717, 1.165) is 33.0 Å². The molecule has 1 aromatic carbocycles. The quantitative estimate of drug-likeness (QED) is 0.494. The summed E-state index contributed by atoms with van der Waals surface area (Å²) in [7, 11) is 0. The normalized spacial score (nSPS) is 14.0. The molecule has 0 spiro atoms. The number of imide groups is 1. The van der Waals surface area contributed by atoms with Crippen LogP contribution < -0.4 is 4.90 Å². The predicted molar refractivity (Wildman–Crippen MR) is 105 cm³/mol. The lowest BCUT2D eigenvalue weighted by Gasteiger charge is -2.16. The first-order valence-electron chi connectivity index (χ1n) is 9.08. The third kappa shape index (κ3) is 3.50. The van der Waals surface area contributed by atoms with Crippen LogP contribution in [0.2, 0.25) is 0 Å². The molecule has 0 unspecified atom stereocenters. The molecule has 0 bridgehead atoms. The number of aromatic nitrogens is 3. The molecule has 1 saturated heterocycles. The van der Waals surface area contributed by atoms with Crippen molar-refractivity contribution in [1.82, 2.24) is 19.8 Å². The summed E-state index contributed by atoms with van der Waals surface area (Å²) < 4.78 is 6.82. The van der Waals surface area contributed by atoms with E-state index in [1.54, 1.807) is 10.9 Å². The first-order chi connectivity index (χ1) is 14.0. The number of anilines is 1. The second-order valence-corrected chi connectivity index (χ2v) is 6.91. The van der Waals surface area contributed by atoms with Crippen molar-refractivity contribution in [3.63, 3.8) is 0 Å². The summed E-state index contributed by atoms with van der Waals surface area (Å²) in [4.78, 5) is 28.0. The van der Waals surface area contributed by atoms with Crippen molar-refractivity contribution >= 4 is 17.6 Å². The van der Waals surface area contributed by atoms with Gasteiger partial charge in [-0.3, -0.25) is 9.48 Å². The number of terminal acetylenes is 1. The Kier molecular flexibility index (Phi) is 4.64. The molecule has 3 heterocycles. The van der Waals surface area contributed by atoms with E-state index in [1.807, 2.05) is 38.1 Å². The zero-order valence-corrected chi connectivity index (χ0v) is 16.1. The van der Waals surface area contributed by atoms with Gasteiger partial charge in [-0.1, -0.05) is 23.2 Å². The molecule has 3 aromatic rings. The molecule has 1 fully saturated rings. The second kappa shape index (κ2) is 7.28. The minimum absolute atomic E-state index is 0.0186. The maximum absolute atomic E-state index is 12.8. The average Bonchev–Trinajstić information content (AvgIpc) is 3.37. The van der Waals surface area contributed by atoms with Crippen molar-refractivity contribution in [1.29, 1.82) is 0 Å². The third-order valence-electron chi connectivity index (χ3n) is 4.91. The standard InChI is InChI=1S/C21H19N5O3/c1-4-16-5-7-17(8-6-16)10-24-13-20(27)26(21(24)28)18-9-22-25(11-18)12-19-14(2)23-29-15(19)3/h1,5-9,11H,10,12-13H2,2-3H3. The van der Waals surface area contributed by atoms with Gasteiger partial charge < -0.3 is 9.42 Å². The van der Waals surface area contributed by atoms with Gasteiger partial charge in [-0.05, 0) is 31.5 Å². The van der Waals surface area contributed by atoms with Gasteiger partial charge in [0.1, 0.15) is 12.3 Å². The van der Waals surface area contributed by atoms with E-state index in [1.165, 1.54) is 11.1 Å². The molecular formula is C21H19N5O3. The number of aryl methyl sites for hydroxylation is 2. The molecule has 1 aliphatic rings. The highest BCUT2D eigenvalue weighted by atomic mass is 16.5. The van der Waals surface area contributed by atoms with E-state index >= 15 is 0 Å². The molecule has 0 atom stereocenters. The molecule has 0 aliphatic carbocycles. The topological polar surface area (TPSA) is 84.5 Å². The van der Waals surface area contributed by atoms with E-state index in [2.05, 4.69) is 16.2 Å². The van der Waals surface area contributed by atoms with Gasteiger partial charge in [0.05, 0.1) is 24.1 Å². The molecule has 0 saturated carbocycles. The minimum atomic E-state index is -0.368. The first kappa shape index (κ1) is 18.5. The molecule has 29 heavy (non-hydrogen) atoms. The predicted octanol–water partition coefficient (Wildman–Crippen LogP) is 2.49. The summed E-state index contributed by atoms with van der Waals surface area (Å²) in [5.74, 6) is 2.99. The molecule has 8 heteroatoms.